The van der Waals surface area contributed by atoms with E-state index in [9.17, 15) is 19.5 Å². The van der Waals surface area contributed by atoms with E-state index in [1.807, 2.05) is 58.0 Å². The fourth-order valence-electron chi connectivity index (χ4n) is 5.96. The number of hydrogen-bond acceptors (Lipinski definition) is 5. The summed E-state index contributed by atoms with van der Waals surface area (Å²) in [6.07, 6.45) is 1.10. The molecular formula is C25H35N3O5. The summed E-state index contributed by atoms with van der Waals surface area (Å²) in [4.78, 5) is 42.1. The van der Waals surface area contributed by atoms with E-state index < -0.39 is 40.7 Å². The third-order valence-corrected chi connectivity index (χ3v) is 7.29. The van der Waals surface area contributed by atoms with E-state index in [1.54, 1.807) is 6.92 Å². The molecule has 0 saturated carbocycles. The fourth-order valence-corrected chi connectivity index (χ4v) is 5.96. The van der Waals surface area contributed by atoms with Crippen LogP contribution in [0.2, 0.25) is 0 Å². The lowest BCUT2D eigenvalue weighted by atomic mass is 9.66. The molecule has 0 aliphatic carbocycles. The number of fused-ring (bicyclic) bond motifs is 1. The lowest BCUT2D eigenvalue weighted by molar-refractivity contribution is -0.149. The number of carbonyl (C=O) groups is 3. The van der Waals surface area contributed by atoms with Crippen LogP contribution in [-0.2, 0) is 25.7 Å². The van der Waals surface area contributed by atoms with Crippen LogP contribution >= 0.6 is 0 Å². The molecule has 3 amide bonds. The average Bonchev–Trinajstić information content (AvgIpc) is 3.31. The Morgan fingerprint density at radius 3 is 2.48 bits per heavy atom. The zero-order valence-corrected chi connectivity index (χ0v) is 20.1. The van der Waals surface area contributed by atoms with Crippen LogP contribution in [0, 0.1) is 11.8 Å². The van der Waals surface area contributed by atoms with Crippen molar-refractivity contribution in [2.45, 2.75) is 82.8 Å². The van der Waals surface area contributed by atoms with E-state index in [2.05, 4.69) is 10.6 Å². The number of hydrogen-bond donors (Lipinski definition) is 3. The number of nitrogens with one attached hydrogen (secondary N) is 2. The molecule has 180 valence electrons. The Morgan fingerprint density at radius 1 is 1.21 bits per heavy atom. The molecule has 8 heteroatoms. The molecule has 33 heavy (non-hydrogen) atoms. The molecule has 8 nitrogen and oxygen atoms in total. The van der Waals surface area contributed by atoms with Crippen molar-refractivity contribution in [3.05, 3.63) is 35.9 Å². The van der Waals surface area contributed by atoms with Gasteiger partial charge in [-0.15, -0.1) is 0 Å². The van der Waals surface area contributed by atoms with Crippen LogP contribution in [0.3, 0.4) is 0 Å². The summed E-state index contributed by atoms with van der Waals surface area (Å²) in [6.45, 7) is 9.30. The highest BCUT2D eigenvalue weighted by Gasteiger charge is 2.78. The second-order valence-electron chi connectivity index (χ2n) is 10.9. The Labute approximate surface area is 195 Å². The van der Waals surface area contributed by atoms with Gasteiger partial charge in [0.05, 0.1) is 30.1 Å². The van der Waals surface area contributed by atoms with E-state index in [-0.39, 0.29) is 24.3 Å². The molecule has 0 radical (unpaired) electrons. The van der Waals surface area contributed by atoms with Gasteiger partial charge in [0.15, 0.2) is 0 Å². The van der Waals surface area contributed by atoms with Crippen LogP contribution < -0.4 is 10.6 Å². The molecule has 3 aliphatic rings. The summed E-state index contributed by atoms with van der Waals surface area (Å²) >= 11 is 0. The Kier molecular flexibility index (Phi) is 5.81. The third-order valence-electron chi connectivity index (χ3n) is 7.29. The van der Waals surface area contributed by atoms with E-state index in [4.69, 9.17) is 4.74 Å². The van der Waals surface area contributed by atoms with Gasteiger partial charge in [0.2, 0.25) is 17.7 Å². The Morgan fingerprint density at radius 2 is 1.88 bits per heavy atom. The molecule has 1 spiro atoms. The molecule has 3 aliphatic heterocycles. The van der Waals surface area contributed by atoms with Gasteiger partial charge in [-0.05, 0) is 53.0 Å². The van der Waals surface area contributed by atoms with Gasteiger partial charge in [0, 0.05) is 12.1 Å². The standard InChI is InChI=1S/C25H35N3O5/c1-15(14-29)28-19(21(31)27-23(2,3)4)25-12-11-24(5,33-25)17(18(25)22(28)32)20(30)26-13-16-9-7-6-8-10-16/h6-10,15,17-19,29H,11-14H2,1-5H3,(H,26,30)(H,27,31)/t15-,17-,18+,19?,24+,25?/m1/s1. The van der Waals surface area contributed by atoms with Gasteiger partial charge in [-0.3, -0.25) is 14.4 Å². The molecule has 6 atom stereocenters. The van der Waals surface area contributed by atoms with Crippen LogP contribution in [0.25, 0.3) is 0 Å². The van der Waals surface area contributed by atoms with Crippen LogP contribution in [-0.4, -0.2) is 63.2 Å². The second kappa shape index (κ2) is 8.09. The van der Waals surface area contributed by atoms with E-state index in [0.717, 1.165) is 5.56 Å². The van der Waals surface area contributed by atoms with Crippen molar-refractivity contribution in [3.8, 4) is 0 Å². The minimum atomic E-state index is -1.08. The van der Waals surface area contributed by atoms with Crippen LogP contribution in [0.1, 0.15) is 53.0 Å². The fraction of sp³-hybridized carbons (Fsp3) is 0.640. The maximum absolute atomic E-state index is 13.8. The Balaban J connectivity index is 1.68. The molecule has 2 unspecified atom stereocenters. The maximum atomic E-state index is 13.8. The van der Waals surface area contributed by atoms with Gasteiger partial charge in [-0.25, -0.2) is 0 Å². The lowest BCUT2D eigenvalue weighted by Crippen LogP contribution is -2.60. The van der Waals surface area contributed by atoms with Gasteiger partial charge in [-0.2, -0.15) is 0 Å². The van der Waals surface area contributed by atoms with Gasteiger partial charge in [0.1, 0.15) is 11.6 Å². The summed E-state index contributed by atoms with van der Waals surface area (Å²) < 4.78 is 6.53. The number of benzene rings is 1. The third kappa shape index (κ3) is 3.83. The predicted octanol–water partition coefficient (Wildman–Crippen LogP) is 1.36. The van der Waals surface area contributed by atoms with E-state index >= 15 is 0 Å². The topological polar surface area (TPSA) is 108 Å². The summed E-state index contributed by atoms with van der Waals surface area (Å²) in [7, 11) is 0. The molecule has 2 bridgehead atoms. The van der Waals surface area contributed by atoms with E-state index in [0.29, 0.717) is 19.4 Å². The summed E-state index contributed by atoms with van der Waals surface area (Å²) in [5.41, 5.74) is -1.45. The monoisotopic (exact) mass is 457 g/mol. The van der Waals surface area contributed by atoms with Gasteiger partial charge >= 0.3 is 0 Å². The van der Waals surface area contributed by atoms with Gasteiger partial charge in [-0.1, -0.05) is 30.3 Å². The van der Waals surface area contributed by atoms with Crippen LogP contribution in [0.4, 0.5) is 0 Å². The Hall–Kier alpha value is -2.45. The highest BCUT2D eigenvalue weighted by Crippen LogP contribution is 2.63. The minimum absolute atomic E-state index is 0.241. The average molecular weight is 458 g/mol. The summed E-state index contributed by atoms with van der Waals surface area (Å²) in [6, 6.07) is 8.12. The summed E-state index contributed by atoms with van der Waals surface area (Å²) in [5, 5.41) is 15.8. The zero-order chi connectivity index (χ0) is 24.2. The number of carbonyl (C=O) groups excluding carboxylic acids is 3. The van der Waals surface area contributed by atoms with Gasteiger partial charge < -0.3 is 25.4 Å². The van der Waals surface area contributed by atoms with Crippen molar-refractivity contribution in [2.24, 2.45) is 11.8 Å². The number of aliphatic hydroxyl groups is 1. The lowest BCUT2D eigenvalue weighted by Gasteiger charge is -2.37. The van der Waals surface area contributed by atoms with Crippen molar-refractivity contribution in [3.63, 3.8) is 0 Å². The van der Waals surface area contributed by atoms with Crippen molar-refractivity contribution >= 4 is 17.7 Å². The number of ether oxygens (including phenoxy) is 1. The number of nitrogens with zero attached hydrogens (tertiary/aromatic N) is 1. The van der Waals surface area contributed by atoms with Gasteiger partial charge in [0.25, 0.3) is 0 Å². The Bertz CT molecular complexity index is 945. The minimum Gasteiger partial charge on any atom is -0.394 e. The number of likely N-dealkylation sites (tertiary alicyclic amines) is 1. The molecule has 0 aromatic heterocycles. The highest BCUT2D eigenvalue weighted by atomic mass is 16.5. The van der Waals surface area contributed by atoms with E-state index in [1.165, 1.54) is 4.90 Å². The molecule has 1 aromatic rings. The first-order chi connectivity index (χ1) is 15.4. The molecule has 3 heterocycles. The normalized spacial score (nSPS) is 33.7. The maximum Gasteiger partial charge on any atom is 0.246 e. The SMILES string of the molecule is C[C@H](CO)N1C(=O)[C@@H]2[C@H](C(=O)NCc3ccccc3)[C@]3(C)CCC2(O3)C1C(=O)NC(C)(C)C. The van der Waals surface area contributed by atoms with Crippen molar-refractivity contribution in [2.75, 3.05) is 6.61 Å². The molecule has 4 rings (SSSR count). The number of aliphatic hydroxyl groups excluding tert-OH is 1. The van der Waals surface area contributed by atoms with Crippen molar-refractivity contribution < 1.29 is 24.2 Å². The van der Waals surface area contributed by atoms with Crippen molar-refractivity contribution in [1.29, 1.82) is 0 Å². The second-order valence-corrected chi connectivity index (χ2v) is 10.9. The largest absolute Gasteiger partial charge is 0.394 e. The smallest absolute Gasteiger partial charge is 0.246 e. The van der Waals surface area contributed by atoms with Crippen LogP contribution in [0.5, 0.6) is 0 Å². The first-order valence-corrected chi connectivity index (χ1v) is 11.7. The molecular weight excluding hydrogens is 422 g/mol. The number of rotatable bonds is 6. The summed E-state index contributed by atoms with van der Waals surface area (Å²) in [5.74, 6) is -2.32. The quantitative estimate of drug-likeness (QED) is 0.598. The highest BCUT2D eigenvalue weighted by molar-refractivity contribution is 5.99. The number of amides is 3. The zero-order valence-electron chi connectivity index (χ0n) is 20.1. The molecule has 3 fully saturated rings. The predicted molar refractivity (Wildman–Crippen MR) is 122 cm³/mol. The molecule has 3 N–H and O–H groups in total. The first kappa shape index (κ1) is 23.7. The van der Waals surface area contributed by atoms with Crippen molar-refractivity contribution in [1.82, 2.24) is 15.5 Å². The molecule has 3 saturated heterocycles. The first-order valence-electron chi connectivity index (χ1n) is 11.7. The molecule has 1 aromatic carbocycles. The van der Waals surface area contributed by atoms with Crippen LogP contribution in [0.15, 0.2) is 30.3 Å².